The summed E-state index contributed by atoms with van der Waals surface area (Å²) in [4.78, 5) is 26.5. The first kappa shape index (κ1) is 24.2. The highest BCUT2D eigenvalue weighted by Gasteiger charge is 2.23. The van der Waals surface area contributed by atoms with E-state index in [2.05, 4.69) is 20.9 Å². The van der Waals surface area contributed by atoms with E-state index in [9.17, 15) is 9.59 Å². The van der Waals surface area contributed by atoms with E-state index in [1.54, 1.807) is 0 Å². The van der Waals surface area contributed by atoms with E-state index < -0.39 is 5.54 Å². The molecule has 0 bridgehead atoms. The molecular weight excluding hydrogens is 380 g/mol. The highest BCUT2D eigenvalue weighted by atomic mass is 16.5. The van der Waals surface area contributed by atoms with Crippen molar-refractivity contribution in [1.29, 1.82) is 0 Å². The van der Waals surface area contributed by atoms with Gasteiger partial charge < -0.3 is 20.7 Å². The Morgan fingerprint density at radius 3 is 2.67 bits per heavy atom. The lowest BCUT2D eigenvalue weighted by Gasteiger charge is -2.33. The number of likely N-dealkylation sites (tertiary alicyclic amines) is 1. The zero-order valence-electron chi connectivity index (χ0n) is 18.9. The highest BCUT2D eigenvalue weighted by Crippen LogP contribution is 2.10. The van der Waals surface area contributed by atoms with E-state index in [4.69, 9.17) is 4.74 Å². The summed E-state index contributed by atoms with van der Waals surface area (Å²) in [5.41, 5.74) is 0.651. The van der Waals surface area contributed by atoms with Gasteiger partial charge in [-0.15, -0.1) is 0 Å². The summed E-state index contributed by atoms with van der Waals surface area (Å²) in [6, 6.07) is 9.99. The molecule has 1 saturated heterocycles. The molecule has 1 aromatic carbocycles. The molecule has 0 spiro atoms. The average Bonchev–Trinajstić information content (AvgIpc) is 2.68. The summed E-state index contributed by atoms with van der Waals surface area (Å²) in [6.45, 7) is 11.8. The Labute approximate surface area is 180 Å². The number of benzene rings is 1. The van der Waals surface area contributed by atoms with Gasteiger partial charge in [-0.3, -0.25) is 9.69 Å². The number of carbonyl (C=O) groups is 2. The molecule has 3 amide bonds. The van der Waals surface area contributed by atoms with Gasteiger partial charge in [-0.2, -0.15) is 0 Å². The second-order valence-electron chi connectivity index (χ2n) is 9.05. The first-order valence-corrected chi connectivity index (χ1v) is 11.0. The first-order valence-electron chi connectivity index (χ1n) is 11.0. The van der Waals surface area contributed by atoms with E-state index in [0.717, 1.165) is 38.0 Å². The van der Waals surface area contributed by atoms with Crippen LogP contribution in [0.1, 0.15) is 46.1 Å². The number of urea groups is 1. The van der Waals surface area contributed by atoms with Crippen molar-refractivity contribution < 1.29 is 14.3 Å². The summed E-state index contributed by atoms with van der Waals surface area (Å²) in [6.07, 6.45) is 2.07. The predicted octanol–water partition coefficient (Wildman–Crippen LogP) is 2.52. The van der Waals surface area contributed by atoms with Gasteiger partial charge >= 0.3 is 6.03 Å². The van der Waals surface area contributed by atoms with Crippen molar-refractivity contribution in [2.45, 2.75) is 58.7 Å². The second-order valence-corrected chi connectivity index (χ2v) is 9.05. The lowest BCUT2D eigenvalue weighted by Crippen LogP contribution is -2.53. The quantitative estimate of drug-likeness (QED) is 0.545. The number of piperidine rings is 1. The Kier molecular flexibility index (Phi) is 9.59. The van der Waals surface area contributed by atoms with Gasteiger partial charge in [0.1, 0.15) is 0 Å². The van der Waals surface area contributed by atoms with Gasteiger partial charge in [0.2, 0.25) is 5.91 Å². The average molecular weight is 419 g/mol. The monoisotopic (exact) mass is 418 g/mol. The van der Waals surface area contributed by atoms with Crippen LogP contribution in [-0.2, 0) is 16.1 Å². The number of hydrogen-bond donors (Lipinski definition) is 3. The molecule has 7 heteroatoms. The van der Waals surface area contributed by atoms with E-state index in [-0.39, 0.29) is 23.9 Å². The van der Waals surface area contributed by atoms with Crippen LogP contribution < -0.4 is 16.0 Å². The van der Waals surface area contributed by atoms with Crippen molar-refractivity contribution >= 4 is 11.9 Å². The molecule has 1 aliphatic heterocycles. The minimum atomic E-state index is -0.462. The van der Waals surface area contributed by atoms with E-state index in [1.165, 1.54) is 0 Å². The van der Waals surface area contributed by atoms with Crippen molar-refractivity contribution in [3.05, 3.63) is 35.9 Å². The lowest BCUT2D eigenvalue weighted by atomic mass is 10.0. The molecule has 30 heavy (non-hydrogen) atoms. The Morgan fingerprint density at radius 1 is 1.23 bits per heavy atom. The van der Waals surface area contributed by atoms with Crippen molar-refractivity contribution in [3.63, 3.8) is 0 Å². The third kappa shape index (κ3) is 9.13. The Hall–Kier alpha value is -2.12. The van der Waals surface area contributed by atoms with Crippen LogP contribution in [0.15, 0.2) is 30.3 Å². The maximum absolute atomic E-state index is 12.3. The molecule has 0 aliphatic carbocycles. The summed E-state index contributed by atoms with van der Waals surface area (Å²) >= 11 is 0. The summed E-state index contributed by atoms with van der Waals surface area (Å²) < 4.78 is 5.76. The Morgan fingerprint density at radius 2 is 1.97 bits per heavy atom. The molecule has 0 radical (unpaired) electrons. The van der Waals surface area contributed by atoms with Crippen LogP contribution in [0.5, 0.6) is 0 Å². The molecule has 1 fully saturated rings. The lowest BCUT2D eigenvalue weighted by molar-refractivity contribution is -0.125. The fraction of sp³-hybridized carbons (Fsp3) is 0.652. The van der Waals surface area contributed by atoms with Crippen LogP contribution in [0, 0.1) is 5.92 Å². The van der Waals surface area contributed by atoms with Crippen LogP contribution in [0.4, 0.5) is 4.79 Å². The molecule has 0 aromatic heterocycles. The van der Waals surface area contributed by atoms with Gasteiger partial charge in [0.05, 0.1) is 18.8 Å². The SMILES string of the molecule is CC(C)C(=O)N[C@@H]1CCCN(CCNC(=O)NC(C)(C)COCc2ccccc2)C1. The van der Waals surface area contributed by atoms with Crippen LogP contribution in [0.25, 0.3) is 0 Å². The summed E-state index contributed by atoms with van der Waals surface area (Å²) in [5.74, 6) is 0.113. The standard InChI is InChI=1S/C23H38N4O3/c1-18(2)21(28)25-20-11-8-13-27(15-20)14-12-24-22(29)26-23(3,4)17-30-16-19-9-6-5-7-10-19/h5-7,9-10,18,20H,8,11-17H2,1-4H3,(H,25,28)(H2,24,26,29)/t20-/m1/s1. The molecule has 7 nitrogen and oxygen atoms in total. The van der Waals surface area contributed by atoms with E-state index in [1.807, 2.05) is 58.0 Å². The summed E-state index contributed by atoms with van der Waals surface area (Å²) in [7, 11) is 0. The van der Waals surface area contributed by atoms with Gasteiger partial charge in [-0.1, -0.05) is 44.2 Å². The number of rotatable bonds is 10. The molecule has 0 unspecified atom stereocenters. The van der Waals surface area contributed by atoms with Gasteiger partial charge in [0.15, 0.2) is 0 Å². The maximum atomic E-state index is 12.3. The second kappa shape index (κ2) is 11.9. The molecule has 1 aliphatic rings. The van der Waals surface area contributed by atoms with Crippen molar-refractivity contribution in [2.75, 3.05) is 32.8 Å². The Bertz CT molecular complexity index is 664. The minimum absolute atomic E-state index is 0.00534. The fourth-order valence-electron chi connectivity index (χ4n) is 3.46. The van der Waals surface area contributed by atoms with Gasteiger partial charge in [-0.05, 0) is 38.8 Å². The molecule has 1 aromatic rings. The minimum Gasteiger partial charge on any atom is -0.374 e. The van der Waals surface area contributed by atoms with Crippen LogP contribution in [0.2, 0.25) is 0 Å². The van der Waals surface area contributed by atoms with Crippen LogP contribution in [-0.4, -0.2) is 61.2 Å². The third-order valence-corrected chi connectivity index (χ3v) is 5.12. The predicted molar refractivity (Wildman–Crippen MR) is 119 cm³/mol. The molecular formula is C23H38N4O3. The zero-order valence-corrected chi connectivity index (χ0v) is 18.9. The summed E-state index contributed by atoms with van der Waals surface area (Å²) in [5, 5.41) is 9.03. The molecule has 1 atom stereocenters. The number of amides is 3. The van der Waals surface area contributed by atoms with Crippen molar-refractivity contribution in [1.82, 2.24) is 20.9 Å². The van der Waals surface area contributed by atoms with E-state index >= 15 is 0 Å². The molecule has 0 saturated carbocycles. The Balaban J connectivity index is 1.63. The van der Waals surface area contributed by atoms with Crippen LogP contribution in [0.3, 0.4) is 0 Å². The number of ether oxygens (including phenoxy) is 1. The third-order valence-electron chi connectivity index (χ3n) is 5.12. The van der Waals surface area contributed by atoms with E-state index in [0.29, 0.717) is 19.8 Å². The number of nitrogens with one attached hydrogen (secondary N) is 3. The largest absolute Gasteiger partial charge is 0.374 e. The molecule has 2 rings (SSSR count). The van der Waals surface area contributed by atoms with Crippen LogP contribution >= 0.6 is 0 Å². The zero-order chi connectivity index (χ0) is 22.0. The first-order chi connectivity index (χ1) is 14.2. The highest BCUT2D eigenvalue weighted by molar-refractivity contribution is 5.78. The topological polar surface area (TPSA) is 82.7 Å². The fourth-order valence-corrected chi connectivity index (χ4v) is 3.46. The number of hydrogen-bond acceptors (Lipinski definition) is 4. The van der Waals surface area contributed by atoms with Gasteiger partial charge in [0, 0.05) is 31.6 Å². The van der Waals surface area contributed by atoms with Crippen molar-refractivity contribution in [3.8, 4) is 0 Å². The normalized spacial score (nSPS) is 17.6. The maximum Gasteiger partial charge on any atom is 0.315 e. The molecule has 168 valence electrons. The number of nitrogens with zero attached hydrogens (tertiary/aromatic N) is 1. The smallest absolute Gasteiger partial charge is 0.315 e. The molecule has 3 N–H and O–H groups in total. The van der Waals surface area contributed by atoms with Gasteiger partial charge in [-0.25, -0.2) is 4.79 Å². The van der Waals surface area contributed by atoms with Gasteiger partial charge in [0.25, 0.3) is 0 Å². The molecule has 1 heterocycles. The van der Waals surface area contributed by atoms with Crippen molar-refractivity contribution in [2.24, 2.45) is 5.92 Å². The number of carbonyl (C=O) groups excluding carboxylic acids is 2.